The van der Waals surface area contributed by atoms with E-state index in [1.165, 1.54) is 0 Å². The predicted octanol–water partition coefficient (Wildman–Crippen LogP) is 1.10. The van der Waals surface area contributed by atoms with Crippen LogP contribution in [0.5, 0.6) is 0 Å². The molecule has 1 aliphatic heterocycles. The van der Waals surface area contributed by atoms with Crippen molar-refractivity contribution < 1.29 is 4.21 Å². The van der Waals surface area contributed by atoms with Crippen molar-refractivity contribution in [2.45, 2.75) is 19.1 Å². The van der Waals surface area contributed by atoms with E-state index in [2.05, 4.69) is 10.4 Å². The molecule has 1 aromatic heterocycles. The second kappa shape index (κ2) is 5.50. The van der Waals surface area contributed by atoms with Crippen LogP contribution in [0.15, 0.2) is 0 Å². The highest BCUT2D eigenvalue weighted by molar-refractivity contribution is 7.84. The van der Waals surface area contributed by atoms with Crippen LogP contribution in [0, 0.1) is 5.92 Å². The molecular weight excluding hydrogens is 258 g/mol. The summed E-state index contributed by atoms with van der Waals surface area (Å²) in [6.07, 6.45) is 0.811. The Kier molecular flexibility index (Phi) is 4.22. The van der Waals surface area contributed by atoms with Gasteiger partial charge in [0.25, 0.3) is 0 Å². The normalized spacial score (nSPS) is 18.1. The Morgan fingerprint density at radius 3 is 2.76 bits per heavy atom. The number of hydrogen-bond acceptors (Lipinski definition) is 3. The van der Waals surface area contributed by atoms with Gasteiger partial charge < -0.3 is 5.32 Å². The lowest BCUT2D eigenvalue weighted by Gasteiger charge is -2.26. The molecular formula is C11H18ClN3OS. The largest absolute Gasteiger partial charge is 0.316 e. The number of hydrogen-bond donors (Lipinski definition) is 1. The molecule has 0 amide bonds. The van der Waals surface area contributed by atoms with Crippen LogP contribution in [0.2, 0.25) is 5.02 Å². The van der Waals surface area contributed by atoms with Gasteiger partial charge in [-0.15, -0.1) is 0 Å². The smallest absolute Gasteiger partial charge is 0.0859 e. The van der Waals surface area contributed by atoms with Crippen LogP contribution in [0.3, 0.4) is 0 Å². The fourth-order valence-electron chi connectivity index (χ4n) is 1.92. The molecule has 4 nitrogen and oxygen atoms in total. The second-order valence-electron chi connectivity index (χ2n) is 4.46. The van der Waals surface area contributed by atoms with Gasteiger partial charge in [-0.05, 0) is 12.3 Å². The standard InChI is InChI=1S/C11H18ClN3OS/c1-3-9-11(12)10(15(2)14-9)7-17(16)6-8-4-13-5-8/h8,13H,3-7H2,1-2H3. The average Bonchev–Trinajstić information content (AvgIpc) is 2.51. The number of nitrogens with zero attached hydrogens (tertiary/aromatic N) is 2. The third-order valence-electron chi connectivity index (χ3n) is 3.09. The topological polar surface area (TPSA) is 46.9 Å². The summed E-state index contributed by atoms with van der Waals surface area (Å²) < 4.78 is 13.8. The summed E-state index contributed by atoms with van der Waals surface area (Å²) in [5, 5.41) is 8.21. The maximum absolute atomic E-state index is 12.0. The Morgan fingerprint density at radius 1 is 1.59 bits per heavy atom. The van der Waals surface area contributed by atoms with Gasteiger partial charge >= 0.3 is 0 Å². The van der Waals surface area contributed by atoms with Gasteiger partial charge in [-0.3, -0.25) is 8.89 Å². The lowest BCUT2D eigenvalue weighted by Crippen LogP contribution is -2.44. The molecule has 0 aromatic carbocycles. The maximum Gasteiger partial charge on any atom is 0.0859 e. The van der Waals surface area contributed by atoms with Gasteiger partial charge in [-0.25, -0.2) is 0 Å². The first-order valence-electron chi connectivity index (χ1n) is 5.87. The van der Waals surface area contributed by atoms with Crippen molar-refractivity contribution in [1.29, 1.82) is 0 Å². The van der Waals surface area contributed by atoms with E-state index < -0.39 is 10.8 Å². The van der Waals surface area contributed by atoms with Crippen LogP contribution in [0.1, 0.15) is 18.3 Å². The summed E-state index contributed by atoms with van der Waals surface area (Å²) in [6, 6.07) is 0. The van der Waals surface area contributed by atoms with Crippen molar-refractivity contribution in [1.82, 2.24) is 15.1 Å². The van der Waals surface area contributed by atoms with Gasteiger partial charge in [0.2, 0.25) is 0 Å². The molecule has 0 aliphatic carbocycles. The molecule has 2 heterocycles. The third kappa shape index (κ3) is 2.89. The molecule has 1 unspecified atom stereocenters. The lowest BCUT2D eigenvalue weighted by atomic mass is 10.1. The van der Waals surface area contributed by atoms with Gasteiger partial charge in [0.05, 0.1) is 22.2 Å². The van der Waals surface area contributed by atoms with Crippen LogP contribution in [0.4, 0.5) is 0 Å². The maximum atomic E-state index is 12.0. The fraction of sp³-hybridized carbons (Fsp3) is 0.727. The van der Waals surface area contributed by atoms with E-state index in [0.29, 0.717) is 16.7 Å². The summed E-state index contributed by atoms with van der Waals surface area (Å²) in [6.45, 7) is 4.01. The van der Waals surface area contributed by atoms with E-state index in [4.69, 9.17) is 11.6 Å². The lowest BCUT2D eigenvalue weighted by molar-refractivity contribution is 0.382. The first kappa shape index (κ1) is 13.1. The Labute approximate surface area is 109 Å². The first-order chi connectivity index (χ1) is 8.11. The van der Waals surface area contributed by atoms with E-state index in [1.54, 1.807) is 4.68 Å². The van der Waals surface area contributed by atoms with Crippen LogP contribution in [0.25, 0.3) is 0 Å². The van der Waals surface area contributed by atoms with Crippen LogP contribution in [-0.2, 0) is 30.0 Å². The molecule has 0 spiro atoms. The second-order valence-corrected chi connectivity index (χ2v) is 6.34. The molecule has 1 saturated heterocycles. The van der Waals surface area contributed by atoms with E-state index in [9.17, 15) is 4.21 Å². The van der Waals surface area contributed by atoms with Crippen molar-refractivity contribution in [3.63, 3.8) is 0 Å². The molecule has 6 heteroatoms. The quantitative estimate of drug-likeness (QED) is 0.876. The van der Waals surface area contributed by atoms with E-state index >= 15 is 0 Å². The van der Waals surface area contributed by atoms with Gasteiger partial charge in [0.15, 0.2) is 0 Å². The molecule has 17 heavy (non-hydrogen) atoms. The molecule has 1 atom stereocenters. The highest BCUT2D eigenvalue weighted by Gasteiger charge is 2.21. The number of halogens is 1. The molecule has 96 valence electrons. The van der Waals surface area contributed by atoms with Crippen LogP contribution >= 0.6 is 11.6 Å². The SMILES string of the molecule is CCc1nn(C)c(CS(=O)CC2CNC2)c1Cl. The minimum absolute atomic E-state index is 0.513. The highest BCUT2D eigenvalue weighted by atomic mass is 35.5. The molecule has 1 aliphatic rings. The molecule has 0 radical (unpaired) electrons. The molecule has 2 rings (SSSR count). The summed E-state index contributed by atoms with van der Waals surface area (Å²) in [5.41, 5.74) is 1.79. The van der Waals surface area contributed by atoms with Gasteiger partial charge in [-0.2, -0.15) is 5.10 Å². The highest BCUT2D eigenvalue weighted by Crippen LogP contribution is 2.22. The fourth-order valence-corrected chi connectivity index (χ4v) is 3.87. The molecule has 1 fully saturated rings. The van der Waals surface area contributed by atoms with Gasteiger partial charge in [-0.1, -0.05) is 18.5 Å². The predicted molar refractivity (Wildman–Crippen MR) is 70.7 cm³/mol. The number of aromatic nitrogens is 2. The van der Waals surface area contributed by atoms with E-state index in [0.717, 1.165) is 36.7 Å². The first-order valence-corrected chi connectivity index (χ1v) is 7.74. The zero-order valence-corrected chi connectivity index (χ0v) is 11.8. The number of rotatable bonds is 5. The number of nitrogens with one attached hydrogen (secondary N) is 1. The Balaban J connectivity index is 2.01. The summed E-state index contributed by atoms with van der Waals surface area (Å²) in [7, 11) is 1.02. The molecule has 1 N–H and O–H groups in total. The van der Waals surface area contributed by atoms with Crippen molar-refractivity contribution in [2.24, 2.45) is 13.0 Å². The van der Waals surface area contributed by atoms with E-state index in [1.807, 2.05) is 14.0 Å². The monoisotopic (exact) mass is 275 g/mol. The Hall–Kier alpha value is -0.390. The summed E-state index contributed by atoms with van der Waals surface area (Å²) >= 11 is 6.23. The van der Waals surface area contributed by atoms with Crippen molar-refractivity contribution >= 4 is 22.4 Å². The zero-order chi connectivity index (χ0) is 12.4. The molecule has 1 aromatic rings. The Bertz CT molecular complexity index is 429. The molecule has 0 bridgehead atoms. The van der Waals surface area contributed by atoms with E-state index in [-0.39, 0.29) is 0 Å². The average molecular weight is 276 g/mol. The minimum atomic E-state index is -0.844. The number of aryl methyl sites for hydroxylation is 2. The minimum Gasteiger partial charge on any atom is -0.316 e. The molecule has 0 saturated carbocycles. The van der Waals surface area contributed by atoms with Crippen molar-refractivity contribution in [3.05, 3.63) is 16.4 Å². The van der Waals surface area contributed by atoms with Crippen molar-refractivity contribution in [2.75, 3.05) is 18.8 Å². The van der Waals surface area contributed by atoms with Crippen LogP contribution < -0.4 is 5.32 Å². The van der Waals surface area contributed by atoms with Crippen molar-refractivity contribution in [3.8, 4) is 0 Å². The van der Waals surface area contributed by atoms with Crippen LogP contribution in [-0.4, -0.2) is 32.8 Å². The summed E-state index contributed by atoms with van der Waals surface area (Å²) in [5.74, 6) is 1.84. The Morgan fingerprint density at radius 2 is 2.29 bits per heavy atom. The zero-order valence-electron chi connectivity index (χ0n) is 10.2. The third-order valence-corrected chi connectivity index (χ3v) is 4.96. The van der Waals surface area contributed by atoms with Gasteiger partial charge in [0.1, 0.15) is 0 Å². The summed E-state index contributed by atoms with van der Waals surface area (Å²) in [4.78, 5) is 0. The van der Waals surface area contributed by atoms with Gasteiger partial charge in [0, 0.05) is 36.7 Å².